The molecule has 0 bridgehead atoms. The van der Waals surface area contributed by atoms with Crippen molar-refractivity contribution >= 4 is 0 Å². The van der Waals surface area contributed by atoms with Crippen LogP contribution in [0.2, 0.25) is 0 Å². The first-order chi connectivity index (χ1) is 7.74. The third-order valence-corrected chi connectivity index (χ3v) is 4.74. The lowest BCUT2D eigenvalue weighted by atomic mass is 9.65. The molecule has 3 unspecified atom stereocenters. The molecule has 3 rings (SSSR count). The molecule has 0 amide bonds. The Balaban J connectivity index is 1.99. The predicted molar refractivity (Wildman–Crippen MR) is 68.7 cm³/mol. The van der Waals surface area contributed by atoms with Crippen LogP contribution in [0, 0.1) is 18.8 Å². The molecule has 3 atom stereocenters. The Morgan fingerprint density at radius 1 is 1.12 bits per heavy atom. The Bertz CT molecular complexity index is 391. The first-order valence-corrected chi connectivity index (χ1v) is 6.83. The minimum absolute atomic E-state index is 0.882. The fourth-order valence-corrected chi connectivity index (χ4v) is 3.80. The van der Waals surface area contributed by atoms with Crippen molar-refractivity contribution in [1.29, 1.82) is 0 Å². The van der Waals surface area contributed by atoms with Crippen LogP contribution in [0.3, 0.4) is 0 Å². The number of hydrogen-bond acceptors (Lipinski definition) is 0. The molecule has 1 saturated carbocycles. The van der Waals surface area contributed by atoms with Crippen LogP contribution in [0.5, 0.6) is 0 Å². The topological polar surface area (TPSA) is 0 Å². The Morgan fingerprint density at radius 3 is 2.88 bits per heavy atom. The second kappa shape index (κ2) is 3.91. The number of rotatable bonds is 0. The summed E-state index contributed by atoms with van der Waals surface area (Å²) in [5.41, 5.74) is 4.78. The second-order valence-corrected chi connectivity index (χ2v) is 6.03. The molecule has 16 heavy (non-hydrogen) atoms. The molecular formula is C16H22. The molecule has 0 N–H and O–H groups in total. The van der Waals surface area contributed by atoms with Crippen molar-refractivity contribution in [3.8, 4) is 0 Å². The monoisotopic (exact) mass is 214 g/mol. The van der Waals surface area contributed by atoms with Crippen molar-refractivity contribution in [3.63, 3.8) is 0 Å². The standard InChI is InChI=1S/C16H22/c1-11-3-5-13-7-8-14-6-4-12(2)10-16(14)15(13)9-11/h3,5,9,12,14,16H,4,6-8,10H2,1-2H3. The largest absolute Gasteiger partial charge is 0.0625 e. The van der Waals surface area contributed by atoms with Crippen molar-refractivity contribution in [3.05, 3.63) is 34.9 Å². The van der Waals surface area contributed by atoms with Crippen molar-refractivity contribution < 1.29 is 0 Å². The first-order valence-electron chi connectivity index (χ1n) is 6.83. The summed E-state index contributed by atoms with van der Waals surface area (Å²) in [7, 11) is 0. The van der Waals surface area contributed by atoms with Gasteiger partial charge in [0, 0.05) is 0 Å². The highest BCUT2D eigenvalue weighted by Crippen LogP contribution is 2.46. The second-order valence-electron chi connectivity index (χ2n) is 6.03. The van der Waals surface area contributed by atoms with Crippen molar-refractivity contribution in [1.82, 2.24) is 0 Å². The van der Waals surface area contributed by atoms with Crippen molar-refractivity contribution in [2.45, 2.75) is 51.9 Å². The van der Waals surface area contributed by atoms with Gasteiger partial charge in [-0.1, -0.05) is 37.1 Å². The summed E-state index contributed by atoms with van der Waals surface area (Å²) in [4.78, 5) is 0. The Labute approximate surface area is 99.1 Å². The van der Waals surface area contributed by atoms with E-state index in [-0.39, 0.29) is 0 Å². The maximum absolute atomic E-state index is 2.46. The van der Waals surface area contributed by atoms with E-state index < -0.39 is 0 Å². The van der Waals surface area contributed by atoms with Gasteiger partial charge in [0.05, 0.1) is 0 Å². The van der Waals surface area contributed by atoms with Crippen LogP contribution in [0.4, 0.5) is 0 Å². The van der Waals surface area contributed by atoms with Gasteiger partial charge in [0.1, 0.15) is 0 Å². The summed E-state index contributed by atoms with van der Waals surface area (Å²) < 4.78 is 0. The zero-order valence-corrected chi connectivity index (χ0v) is 10.5. The molecule has 0 nitrogen and oxygen atoms in total. The minimum atomic E-state index is 0.882. The van der Waals surface area contributed by atoms with E-state index in [1.165, 1.54) is 37.7 Å². The van der Waals surface area contributed by atoms with Gasteiger partial charge < -0.3 is 0 Å². The van der Waals surface area contributed by atoms with E-state index >= 15 is 0 Å². The zero-order valence-electron chi connectivity index (χ0n) is 10.5. The maximum atomic E-state index is 2.46. The molecule has 0 saturated heterocycles. The van der Waals surface area contributed by atoms with Gasteiger partial charge in [0.2, 0.25) is 0 Å². The van der Waals surface area contributed by atoms with Crippen LogP contribution in [0.25, 0.3) is 0 Å². The van der Waals surface area contributed by atoms with E-state index in [1.807, 2.05) is 0 Å². The number of hydrogen-bond donors (Lipinski definition) is 0. The number of fused-ring (bicyclic) bond motifs is 3. The quantitative estimate of drug-likeness (QED) is 0.598. The van der Waals surface area contributed by atoms with Crippen molar-refractivity contribution in [2.75, 3.05) is 0 Å². The van der Waals surface area contributed by atoms with Gasteiger partial charge in [0.25, 0.3) is 0 Å². The van der Waals surface area contributed by atoms with E-state index in [0.29, 0.717) is 0 Å². The normalized spacial score (nSPS) is 33.0. The molecule has 0 aromatic heterocycles. The third kappa shape index (κ3) is 1.69. The first kappa shape index (κ1) is 10.4. The molecule has 2 aliphatic carbocycles. The Hall–Kier alpha value is -0.780. The van der Waals surface area contributed by atoms with Gasteiger partial charge in [-0.3, -0.25) is 0 Å². The average molecular weight is 214 g/mol. The molecule has 0 aliphatic heterocycles. The molecule has 1 aromatic carbocycles. The summed E-state index contributed by atoms with van der Waals surface area (Å²) in [5.74, 6) is 2.81. The molecule has 0 heterocycles. The van der Waals surface area contributed by atoms with E-state index in [1.54, 1.807) is 11.1 Å². The molecule has 0 heteroatoms. The summed E-state index contributed by atoms with van der Waals surface area (Å²) in [6.45, 7) is 4.66. The third-order valence-electron chi connectivity index (χ3n) is 4.74. The fourth-order valence-electron chi connectivity index (χ4n) is 3.80. The van der Waals surface area contributed by atoms with E-state index in [2.05, 4.69) is 32.0 Å². The van der Waals surface area contributed by atoms with Crippen LogP contribution in [-0.2, 0) is 6.42 Å². The lowest BCUT2D eigenvalue weighted by molar-refractivity contribution is 0.225. The molecular weight excluding hydrogens is 192 g/mol. The predicted octanol–water partition coefficient (Wildman–Crippen LogP) is 4.46. The van der Waals surface area contributed by atoms with Gasteiger partial charge >= 0.3 is 0 Å². The maximum Gasteiger partial charge on any atom is -0.0128 e. The molecule has 86 valence electrons. The molecule has 1 aromatic rings. The molecule has 0 radical (unpaired) electrons. The average Bonchev–Trinajstić information content (AvgIpc) is 2.29. The summed E-state index contributed by atoms with van der Waals surface area (Å²) in [6.07, 6.45) is 7.13. The summed E-state index contributed by atoms with van der Waals surface area (Å²) >= 11 is 0. The number of aryl methyl sites for hydroxylation is 2. The highest BCUT2D eigenvalue weighted by atomic mass is 14.4. The molecule has 2 aliphatic rings. The zero-order chi connectivity index (χ0) is 11.1. The summed E-state index contributed by atoms with van der Waals surface area (Å²) in [6, 6.07) is 7.12. The lowest BCUT2D eigenvalue weighted by Gasteiger charge is -2.39. The summed E-state index contributed by atoms with van der Waals surface area (Å²) in [5, 5.41) is 0. The van der Waals surface area contributed by atoms with Gasteiger partial charge in [-0.25, -0.2) is 0 Å². The Kier molecular flexibility index (Phi) is 2.53. The van der Waals surface area contributed by atoms with Crippen LogP contribution in [-0.4, -0.2) is 0 Å². The van der Waals surface area contributed by atoms with E-state index in [4.69, 9.17) is 0 Å². The minimum Gasteiger partial charge on any atom is -0.0625 e. The van der Waals surface area contributed by atoms with Gasteiger partial charge in [-0.05, 0) is 61.5 Å². The highest BCUT2D eigenvalue weighted by Gasteiger charge is 2.33. The van der Waals surface area contributed by atoms with Crippen LogP contribution in [0.1, 0.15) is 55.2 Å². The molecule has 0 spiro atoms. The van der Waals surface area contributed by atoms with Gasteiger partial charge in [0.15, 0.2) is 0 Å². The fraction of sp³-hybridized carbons (Fsp3) is 0.625. The van der Waals surface area contributed by atoms with E-state index in [9.17, 15) is 0 Å². The number of benzene rings is 1. The van der Waals surface area contributed by atoms with Gasteiger partial charge in [-0.2, -0.15) is 0 Å². The lowest BCUT2D eigenvalue weighted by Crippen LogP contribution is -2.27. The van der Waals surface area contributed by atoms with E-state index in [0.717, 1.165) is 17.8 Å². The van der Waals surface area contributed by atoms with Crippen LogP contribution in [0.15, 0.2) is 18.2 Å². The van der Waals surface area contributed by atoms with Crippen molar-refractivity contribution in [2.24, 2.45) is 11.8 Å². The van der Waals surface area contributed by atoms with Gasteiger partial charge in [-0.15, -0.1) is 0 Å². The Morgan fingerprint density at radius 2 is 2.00 bits per heavy atom. The molecule has 1 fully saturated rings. The SMILES string of the molecule is Cc1ccc2c(c1)C1CC(C)CCC1CC2. The van der Waals surface area contributed by atoms with Crippen LogP contribution >= 0.6 is 0 Å². The van der Waals surface area contributed by atoms with Crippen LogP contribution < -0.4 is 0 Å². The smallest absolute Gasteiger partial charge is 0.0128 e. The highest BCUT2D eigenvalue weighted by molar-refractivity contribution is 5.37.